The summed E-state index contributed by atoms with van der Waals surface area (Å²) in [6.07, 6.45) is 1.69. The van der Waals surface area contributed by atoms with Gasteiger partial charge in [0.05, 0.1) is 21.3 Å². The van der Waals surface area contributed by atoms with E-state index in [2.05, 4.69) is 36.3 Å². The SMILES string of the molecule is COc1cc(-c2nccc3nc(Nc4ccc(Br)cc4)nn23)cc(OC)c1OC. The van der Waals surface area contributed by atoms with Crippen molar-refractivity contribution in [3.05, 3.63) is 53.1 Å². The number of anilines is 2. The van der Waals surface area contributed by atoms with Crippen molar-refractivity contribution in [3.63, 3.8) is 0 Å². The molecule has 0 saturated heterocycles. The number of nitrogens with one attached hydrogen (secondary N) is 1. The van der Waals surface area contributed by atoms with Crippen LogP contribution in [0.25, 0.3) is 17.0 Å². The number of nitrogens with zero attached hydrogens (tertiary/aromatic N) is 4. The summed E-state index contributed by atoms with van der Waals surface area (Å²) < 4.78 is 19.0. The number of hydrogen-bond donors (Lipinski definition) is 1. The quantitative estimate of drug-likeness (QED) is 0.463. The maximum atomic E-state index is 5.45. The highest BCUT2D eigenvalue weighted by Gasteiger charge is 2.17. The van der Waals surface area contributed by atoms with E-state index < -0.39 is 0 Å². The lowest BCUT2D eigenvalue weighted by Gasteiger charge is -2.14. The van der Waals surface area contributed by atoms with Crippen LogP contribution in [0, 0.1) is 0 Å². The van der Waals surface area contributed by atoms with Crippen LogP contribution < -0.4 is 19.5 Å². The fraction of sp³-hybridized carbons (Fsp3) is 0.150. The van der Waals surface area contributed by atoms with Crippen molar-refractivity contribution in [2.45, 2.75) is 0 Å². The first-order valence-corrected chi connectivity index (χ1v) is 9.47. The van der Waals surface area contributed by atoms with Crippen LogP contribution in [0.3, 0.4) is 0 Å². The standard InChI is InChI=1S/C20H18BrN5O3/c1-27-15-10-12(11-16(28-2)18(15)29-3)19-22-9-8-17-24-20(25-26(17)19)23-14-6-4-13(21)5-7-14/h4-11H,1-3H3,(H,23,25). The van der Waals surface area contributed by atoms with Crippen molar-refractivity contribution in [2.24, 2.45) is 0 Å². The van der Waals surface area contributed by atoms with Gasteiger partial charge in [0.25, 0.3) is 0 Å². The van der Waals surface area contributed by atoms with Crippen molar-refractivity contribution in [1.29, 1.82) is 0 Å². The van der Waals surface area contributed by atoms with Gasteiger partial charge in [-0.1, -0.05) is 15.9 Å². The molecule has 0 saturated carbocycles. The van der Waals surface area contributed by atoms with E-state index in [1.165, 1.54) is 0 Å². The monoisotopic (exact) mass is 455 g/mol. The van der Waals surface area contributed by atoms with E-state index >= 15 is 0 Å². The largest absolute Gasteiger partial charge is 0.493 e. The number of ether oxygens (including phenoxy) is 3. The number of hydrogen-bond acceptors (Lipinski definition) is 7. The lowest BCUT2D eigenvalue weighted by molar-refractivity contribution is 0.324. The lowest BCUT2D eigenvalue weighted by Crippen LogP contribution is -2.00. The average Bonchev–Trinajstić information content (AvgIpc) is 3.16. The second kappa shape index (κ2) is 7.96. The Balaban J connectivity index is 1.78. The number of rotatable bonds is 6. The van der Waals surface area contributed by atoms with Crippen molar-refractivity contribution < 1.29 is 14.2 Å². The topological polar surface area (TPSA) is 82.8 Å². The third kappa shape index (κ3) is 3.68. The molecule has 2 heterocycles. The Morgan fingerprint density at radius 1 is 0.931 bits per heavy atom. The van der Waals surface area contributed by atoms with Gasteiger partial charge >= 0.3 is 0 Å². The van der Waals surface area contributed by atoms with Gasteiger partial charge in [-0.3, -0.25) is 0 Å². The van der Waals surface area contributed by atoms with Gasteiger partial charge in [-0.15, -0.1) is 5.10 Å². The van der Waals surface area contributed by atoms with E-state index in [-0.39, 0.29) is 0 Å². The Morgan fingerprint density at radius 3 is 2.24 bits per heavy atom. The van der Waals surface area contributed by atoms with E-state index in [1.807, 2.05) is 36.4 Å². The lowest BCUT2D eigenvalue weighted by atomic mass is 10.1. The van der Waals surface area contributed by atoms with Gasteiger partial charge in [-0.05, 0) is 36.4 Å². The predicted molar refractivity (Wildman–Crippen MR) is 113 cm³/mol. The fourth-order valence-electron chi connectivity index (χ4n) is 2.94. The first-order valence-electron chi connectivity index (χ1n) is 8.67. The highest BCUT2D eigenvalue weighted by atomic mass is 79.9. The number of methoxy groups -OCH3 is 3. The summed E-state index contributed by atoms with van der Waals surface area (Å²) in [7, 11) is 4.71. The molecule has 0 aliphatic rings. The Hall–Kier alpha value is -3.33. The van der Waals surface area contributed by atoms with Crippen LogP contribution in [0.15, 0.2) is 53.1 Å². The molecule has 0 atom stereocenters. The number of fused-ring (bicyclic) bond motifs is 1. The molecule has 0 spiro atoms. The molecule has 4 aromatic rings. The maximum absolute atomic E-state index is 5.45. The van der Waals surface area contributed by atoms with Crippen molar-refractivity contribution in [1.82, 2.24) is 19.6 Å². The van der Waals surface area contributed by atoms with Crippen LogP contribution in [0.2, 0.25) is 0 Å². The molecule has 9 heteroatoms. The summed E-state index contributed by atoms with van der Waals surface area (Å²) in [5.74, 6) is 2.65. The van der Waals surface area contributed by atoms with Crippen LogP contribution in [0.1, 0.15) is 0 Å². The minimum atomic E-state index is 0.467. The molecule has 0 bridgehead atoms. The Kier molecular flexibility index (Phi) is 5.22. The highest BCUT2D eigenvalue weighted by molar-refractivity contribution is 9.10. The Bertz CT molecular complexity index is 1140. The minimum Gasteiger partial charge on any atom is -0.493 e. The second-order valence-corrected chi connectivity index (χ2v) is 6.94. The molecule has 0 aliphatic heterocycles. The third-order valence-electron chi connectivity index (χ3n) is 4.28. The van der Waals surface area contributed by atoms with E-state index in [4.69, 9.17) is 14.2 Å². The van der Waals surface area contributed by atoms with Crippen molar-refractivity contribution in [2.75, 3.05) is 26.6 Å². The maximum Gasteiger partial charge on any atom is 0.247 e. The second-order valence-electron chi connectivity index (χ2n) is 6.02. The van der Waals surface area contributed by atoms with Crippen molar-refractivity contribution in [3.8, 4) is 28.6 Å². The van der Waals surface area contributed by atoms with E-state index in [0.717, 1.165) is 15.7 Å². The molecule has 29 heavy (non-hydrogen) atoms. The van der Waals surface area contributed by atoms with Gasteiger partial charge < -0.3 is 19.5 Å². The summed E-state index contributed by atoms with van der Waals surface area (Å²) in [5, 5.41) is 7.77. The molecule has 0 amide bonds. The summed E-state index contributed by atoms with van der Waals surface area (Å²) in [6, 6.07) is 13.2. The van der Waals surface area contributed by atoms with Gasteiger partial charge in [0.15, 0.2) is 23.0 Å². The first kappa shape index (κ1) is 19.0. The number of benzene rings is 2. The van der Waals surface area contributed by atoms with Gasteiger partial charge in [-0.2, -0.15) is 9.50 Å². The zero-order chi connectivity index (χ0) is 20.4. The molecule has 0 unspecified atom stereocenters. The Morgan fingerprint density at radius 2 is 1.62 bits per heavy atom. The zero-order valence-electron chi connectivity index (χ0n) is 16.0. The molecule has 1 N–H and O–H groups in total. The summed E-state index contributed by atoms with van der Waals surface area (Å²) in [6.45, 7) is 0. The van der Waals surface area contributed by atoms with Crippen LogP contribution >= 0.6 is 15.9 Å². The van der Waals surface area contributed by atoms with E-state index in [0.29, 0.717) is 34.7 Å². The predicted octanol–water partition coefficient (Wildman–Crippen LogP) is 4.32. The smallest absolute Gasteiger partial charge is 0.247 e. The van der Waals surface area contributed by atoms with Gasteiger partial charge in [0.2, 0.25) is 11.7 Å². The summed E-state index contributed by atoms with van der Waals surface area (Å²) in [4.78, 5) is 9.03. The van der Waals surface area contributed by atoms with Crippen LogP contribution in [-0.4, -0.2) is 40.9 Å². The molecule has 8 nitrogen and oxygen atoms in total. The normalized spacial score (nSPS) is 10.8. The van der Waals surface area contributed by atoms with E-state index in [1.54, 1.807) is 38.1 Å². The van der Waals surface area contributed by atoms with Gasteiger partial charge in [0.1, 0.15) is 0 Å². The number of halogens is 1. The molecule has 2 aromatic heterocycles. The molecule has 0 radical (unpaired) electrons. The van der Waals surface area contributed by atoms with Crippen LogP contribution in [0.5, 0.6) is 17.2 Å². The molecule has 0 aliphatic carbocycles. The van der Waals surface area contributed by atoms with Crippen molar-refractivity contribution >= 4 is 33.2 Å². The minimum absolute atomic E-state index is 0.467. The molecular formula is C20H18BrN5O3. The number of aromatic nitrogens is 4. The first-order chi connectivity index (χ1) is 14.1. The summed E-state index contributed by atoms with van der Waals surface area (Å²) in [5.41, 5.74) is 2.29. The van der Waals surface area contributed by atoms with E-state index in [9.17, 15) is 0 Å². The molecule has 2 aromatic carbocycles. The van der Waals surface area contributed by atoms with Gasteiger partial charge in [0, 0.05) is 28.0 Å². The fourth-order valence-corrected chi connectivity index (χ4v) is 3.20. The molecule has 0 fully saturated rings. The van der Waals surface area contributed by atoms with Gasteiger partial charge in [-0.25, -0.2) is 4.98 Å². The molecule has 4 rings (SSSR count). The highest BCUT2D eigenvalue weighted by Crippen LogP contribution is 2.40. The van der Waals surface area contributed by atoms with Crippen LogP contribution in [0.4, 0.5) is 11.6 Å². The summed E-state index contributed by atoms with van der Waals surface area (Å²) >= 11 is 3.43. The Labute approximate surface area is 175 Å². The third-order valence-corrected chi connectivity index (χ3v) is 4.81. The molecular weight excluding hydrogens is 438 g/mol. The average molecular weight is 456 g/mol. The molecule has 148 valence electrons. The van der Waals surface area contributed by atoms with Crippen LogP contribution in [-0.2, 0) is 0 Å². The zero-order valence-corrected chi connectivity index (χ0v) is 17.6.